The predicted octanol–water partition coefficient (Wildman–Crippen LogP) is 4.05. The highest BCUT2D eigenvalue weighted by Gasteiger charge is 2.46. The first-order valence-electron chi connectivity index (χ1n) is 9.36. The van der Waals surface area contributed by atoms with Gasteiger partial charge < -0.3 is 15.0 Å². The van der Waals surface area contributed by atoms with Gasteiger partial charge in [-0.05, 0) is 48.4 Å². The average molecular weight is 345 g/mol. The highest BCUT2D eigenvalue weighted by molar-refractivity contribution is 5.71. The molecule has 0 bridgehead atoms. The zero-order valence-corrected chi connectivity index (χ0v) is 14.8. The number of nitrogen functional groups attached to an aromatic ring is 1. The molecule has 3 aromatic rings. The van der Waals surface area contributed by atoms with Crippen molar-refractivity contribution in [1.82, 2.24) is 9.55 Å². The van der Waals surface area contributed by atoms with E-state index in [1.165, 1.54) is 16.7 Å². The second kappa shape index (κ2) is 5.99. The number of rotatable bonds is 3. The number of benzene rings is 2. The van der Waals surface area contributed by atoms with E-state index >= 15 is 0 Å². The van der Waals surface area contributed by atoms with Crippen molar-refractivity contribution in [2.45, 2.75) is 24.8 Å². The summed E-state index contributed by atoms with van der Waals surface area (Å²) in [4.78, 5) is 4.68. The van der Waals surface area contributed by atoms with Gasteiger partial charge in [-0.3, -0.25) is 0 Å². The molecule has 4 nitrogen and oxygen atoms in total. The van der Waals surface area contributed by atoms with Crippen molar-refractivity contribution >= 4 is 5.69 Å². The number of hydrogen-bond acceptors (Lipinski definition) is 3. The molecule has 3 heterocycles. The van der Waals surface area contributed by atoms with Crippen molar-refractivity contribution in [2.75, 3.05) is 18.9 Å². The summed E-state index contributed by atoms with van der Waals surface area (Å²) in [6, 6.07) is 17.1. The smallest absolute Gasteiger partial charge is 0.141 e. The number of nitrogens with two attached hydrogens (primary N) is 1. The molecule has 0 amide bonds. The maximum Gasteiger partial charge on any atom is 0.141 e. The molecule has 0 aliphatic carbocycles. The van der Waals surface area contributed by atoms with Crippen molar-refractivity contribution in [3.05, 3.63) is 72.1 Å². The van der Waals surface area contributed by atoms with Crippen LogP contribution in [0.1, 0.15) is 30.4 Å². The maximum atomic E-state index is 5.99. The quantitative estimate of drug-likeness (QED) is 0.729. The second-order valence-corrected chi connectivity index (χ2v) is 7.41. The molecule has 2 aromatic carbocycles. The summed E-state index contributed by atoms with van der Waals surface area (Å²) in [5.41, 5.74) is 10.4. The standard InChI is InChI=1S/C22H23N3O/c23-18-7-5-17(6-8-18)22(15-16-9-13-26-14-10-16)20-4-2-1-3-19(20)21-24-11-12-25(21)22/h1-8,11-12,16H,9-10,13-15,23H2. The fourth-order valence-electron chi connectivity index (χ4n) is 4.73. The highest BCUT2D eigenvalue weighted by Crippen LogP contribution is 2.51. The Morgan fingerprint density at radius 3 is 2.65 bits per heavy atom. The van der Waals surface area contributed by atoms with Gasteiger partial charge in [0, 0.05) is 36.9 Å². The summed E-state index contributed by atoms with van der Waals surface area (Å²) in [5, 5.41) is 0. The van der Waals surface area contributed by atoms with E-state index in [4.69, 9.17) is 10.5 Å². The summed E-state index contributed by atoms with van der Waals surface area (Å²) in [7, 11) is 0. The first kappa shape index (κ1) is 15.6. The Kier molecular flexibility index (Phi) is 3.61. The fourth-order valence-corrected chi connectivity index (χ4v) is 4.73. The molecule has 2 N–H and O–H groups in total. The summed E-state index contributed by atoms with van der Waals surface area (Å²) >= 11 is 0. The minimum absolute atomic E-state index is 0.224. The van der Waals surface area contributed by atoms with Crippen LogP contribution in [-0.2, 0) is 10.3 Å². The fraction of sp³-hybridized carbons (Fsp3) is 0.318. The van der Waals surface area contributed by atoms with Gasteiger partial charge in [-0.25, -0.2) is 4.98 Å². The van der Waals surface area contributed by atoms with E-state index in [2.05, 4.69) is 52.1 Å². The van der Waals surface area contributed by atoms with Crippen LogP contribution in [0.2, 0.25) is 0 Å². The second-order valence-electron chi connectivity index (χ2n) is 7.41. The molecule has 1 unspecified atom stereocenters. The van der Waals surface area contributed by atoms with Crippen LogP contribution in [-0.4, -0.2) is 22.8 Å². The zero-order valence-electron chi connectivity index (χ0n) is 14.8. The van der Waals surface area contributed by atoms with Gasteiger partial charge in [0.15, 0.2) is 0 Å². The third-order valence-electron chi connectivity index (χ3n) is 5.98. The van der Waals surface area contributed by atoms with Crippen molar-refractivity contribution in [3.8, 4) is 11.4 Å². The number of ether oxygens (including phenoxy) is 1. The van der Waals surface area contributed by atoms with E-state index in [1.807, 2.05) is 18.3 Å². The van der Waals surface area contributed by atoms with Gasteiger partial charge in [-0.2, -0.15) is 0 Å². The number of anilines is 1. The molecule has 5 rings (SSSR count). The summed E-state index contributed by atoms with van der Waals surface area (Å²) in [5.74, 6) is 1.69. The molecule has 26 heavy (non-hydrogen) atoms. The molecule has 4 heteroatoms. The number of hydrogen-bond donors (Lipinski definition) is 1. The van der Waals surface area contributed by atoms with Crippen LogP contribution in [0.15, 0.2) is 60.9 Å². The maximum absolute atomic E-state index is 5.99. The van der Waals surface area contributed by atoms with Crippen LogP contribution < -0.4 is 5.73 Å². The SMILES string of the molecule is Nc1ccc(C2(CC3CCOCC3)c3ccccc3-c3nccn32)cc1. The van der Waals surface area contributed by atoms with Crippen LogP contribution in [0.3, 0.4) is 0 Å². The highest BCUT2D eigenvalue weighted by atomic mass is 16.5. The Hall–Kier alpha value is -2.59. The van der Waals surface area contributed by atoms with Gasteiger partial charge in [-0.15, -0.1) is 0 Å². The van der Waals surface area contributed by atoms with Crippen LogP contribution in [0.4, 0.5) is 5.69 Å². The topological polar surface area (TPSA) is 53.1 Å². The molecular formula is C22H23N3O. The third-order valence-corrected chi connectivity index (χ3v) is 5.98. The molecule has 2 aliphatic heterocycles. The van der Waals surface area contributed by atoms with E-state index in [9.17, 15) is 0 Å². The van der Waals surface area contributed by atoms with Crippen LogP contribution >= 0.6 is 0 Å². The van der Waals surface area contributed by atoms with Crippen LogP contribution in [0.25, 0.3) is 11.4 Å². The molecule has 1 atom stereocenters. The molecule has 1 fully saturated rings. The van der Waals surface area contributed by atoms with Gasteiger partial charge >= 0.3 is 0 Å². The lowest BCUT2D eigenvalue weighted by Gasteiger charge is -2.38. The molecule has 132 valence electrons. The van der Waals surface area contributed by atoms with Gasteiger partial charge in [0.2, 0.25) is 0 Å². The molecule has 1 saturated heterocycles. The Morgan fingerprint density at radius 1 is 1.08 bits per heavy atom. The number of fused-ring (bicyclic) bond motifs is 3. The predicted molar refractivity (Wildman–Crippen MR) is 103 cm³/mol. The van der Waals surface area contributed by atoms with E-state index < -0.39 is 0 Å². The minimum atomic E-state index is -0.224. The lowest BCUT2D eigenvalue weighted by molar-refractivity contribution is 0.0566. The van der Waals surface area contributed by atoms with Crippen molar-refractivity contribution in [1.29, 1.82) is 0 Å². The summed E-state index contributed by atoms with van der Waals surface area (Å²) in [6.45, 7) is 1.72. The average Bonchev–Trinajstić information content (AvgIpc) is 3.26. The third kappa shape index (κ3) is 2.22. The Bertz CT molecular complexity index is 925. The molecule has 2 aliphatic rings. The van der Waals surface area contributed by atoms with Crippen LogP contribution in [0, 0.1) is 5.92 Å². The number of imidazole rings is 1. The van der Waals surface area contributed by atoms with E-state index in [0.29, 0.717) is 5.92 Å². The van der Waals surface area contributed by atoms with Gasteiger partial charge in [0.1, 0.15) is 5.82 Å². The normalized spacial score (nSPS) is 22.2. The Balaban J connectivity index is 1.73. The zero-order chi connectivity index (χ0) is 17.6. The molecular weight excluding hydrogens is 322 g/mol. The first-order valence-corrected chi connectivity index (χ1v) is 9.36. The van der Waals surface area contributed by atoms with Crippen LogP contribution in [0.5, 0.6) is 0 Å². The molecule has 1 aromatic heterocycles. The first-order chi connectivity index (χ1) is 12.8. The van der Waals surface area contributed by atoms with E-state index in [-0.39, 0.29) is 5.54 Å². The number of nitrogens with zero attached hydrogens (tertiary/aromatic N) is 2. The lowest BCUT2D eigenvalue weighted by Crippen LogP contribution is -2.36. The summed E-state index contributed by atoms with van der Waals surface area (Å²) < 4.78 is 7.98. The van der Waals surface area contributed by atoms with Gasteiger partial charge in [0.25, 0.3) is 0 Å². The Morgan fingerprint density at radius 2 is 1.85 bits per heavy atom. The molecule has 0 saturated carbocycles. The van der Waals surface area contributed by atoms with Gasteiger partial charge in [-0.1, -0.05) is 36.4 Å². The van der Waals surface area contributed by atoms with E-state index in [1.54, 1.807) is 0 Å². The van der Waals surface area contributed by atoms with Crippen molar-refractivity contribution < 1.29 is 4.74 Å². The van der Waals surface area contributed by atoms with Crippen molar-refractivity contribution in [3.63, 3.8) is 0 Å². The number of aromatic nitrogens is 2. The monoisotopic (exact) mass is 345 g/mol. The Labute approximate surface area is 153 Å². The molecule has 0 radical (unpaired) electrons. The lowest BCUT2D eigenvalue weighted by atomic mass is 9.74. The van der Waals surface area contributed by atoms with E-state index in [0.717, 1.165) is 44.0 Å². The minimum Gasteiger partial charge on any atom is -0.399 e. The summed E-state index contributed by atoms with van der Waals surface area (Å²) in [6.07, 6.45) is 7.33. The molecule has 0 spiro atoms. The van der Waals surface area contributed by atoms with Gasteiger partial charge in [0.05, 0.1) is 5.54 Å². The largest absolute Gasteiger partial charge is 0.399 e. The van der Waals surface area contributed by atoms with Crippen molar-refractivity contribution in [2.24, 2.45) is 5.92 Å².